The first-order valence-corrected chi connectivity index (χ1v) is 16.2. The van der Waals surface area contributed by atoms with Gasteiger partial charge in [-0.15, -0.1) is 0 Å². The number of aliphatic hydroxyl groups excluding tert-OH is 1. The maximum absolute atomic E-state index is 13.8. The number of aromatic hydroxyl groups is 1. The summed E-state index contributed by atoms with van der Waals surface area (Å²) in [6, 6.07) is 4.02. The lowest BCUT2D eigenvalue weighted by Gasteiger charge is -2.42. The number of nitrogens with one attached hydrogen (secondary N) is 1. The van der Waals surface area contributed by atoms with Gasteiger partial charge in [-0.2, -0.15) is 0 Å². The van der Waals surface area contributed by atoms with Crippen LogP contribution in [0.2, 0.25) is 0 Å². The standard InChI is InChI=1S/C35H49NO5/c1-3-4-5-6-25-14-16-35(33(39)12-10-26-19-32(41-2)31(38)21-29(25)26)15-13-23(18-34(35)40)7-8-24-17-27-9-11-28(37)20-30(27)36-22-24/h19,21,23-25,27,30,34,36,38,40H,3-13,15,17-18,20,22H2,1-2H3/t23-,24-,25-,27+,30+,34+,35-/m0/s1. The number of Topliss-reactive ketones (excluding diaryl/α,β-unsaturated/α-hetero) is 2. The molecule has 1 spiro atoms. The number of hydrogen-bond donors (Lipinski definition) is 3. The summed E-state index contributed by atoms with van der Waals surface area (Å²) < 4.78 is 5.38. The van der Waals surface area contributed by atoms with Gasteiger partial charge in [0, 0.05) is 31.2 Å². The molecule has 1 aromatic carbocycles. The lowest BCUT2D eigenvalue weighted by molar-refractivity contribution is -0.134. The number of aliphatic hydroxyl groups is 1. The Morgan fingerprint density at radius 1 is 1.05 bits per heavy atom. The van der Waals surface area contributed by atoms with Gasteiger partial charge in [0.25, 0.3) is 0 Å². The molecule has 0 unspecified atom stereocenters. The number of aryl methyl sites for hydroxylation is 1. The predicted octanol–water partition coefficient (Wildman–Crippen LogP) is 5.86. The molecule has 1 saturated heterocycles. The number of piperidine rings is 1. The number of rotatable bonds is 8. The van der Waals surface area contributed by atoms with Crippen LogP contribution in [0.4, 0.5) is 0 Å². The second-order valence-corrected chi connectivity index (χ2v) is 13.3. The molecule has 3 aliphatic carbocycles. The first-order valence-electron chi connectivity index (χ1n) is 16.2. The number of ether oxygens (including phenoxy) is 1. The van der Waals surface area contributed by atoms with Gasteiger partial charge in [0.05, 0.1) is 13.2 Å². The minimum absolute atomic E-state index is 0.0533. The Morgan fingerprint density at radius 3 is 2.66 bits per heavy atom. The van der Waals surface area contributed by atoms with Gasteiger partial charge in [0.2, 0.25) is 0 Å². The van der Waals surface area contributed by atoms with Crippen LogP contribution < -0.4 is 10.1 Å². The third kappa shape index (κ3) is 6.67. The second kappa shape index (κ2) is 13.3. The zero-order chi connectivity index (χ0) is 29.0. The van der Waals surface area contributed by atoms with Crippen molar-refractivity contribution in [2.24, 2.45) is 23.2 Å². The van der Waals surface area contributed by atoms with Gasteiger partial charge in [0.15, 0.2) is 17.3 Å². The van der Waals surface area contributed by atoms with Crippen molar-refractivity contribution >= 4 is 11.6 Å². The normalized spacial score (nSPS) is 33.5. The van der Waals surface area contributed by atoms with E-state index in [1.807, 2.05) is 6.07 Å². The Bertz CT molecular complexity index is 1170. The monoisotopic (exact) mass is 563 g/mol. The summed E-state index contributed by atoms with van der Waals surface area (Å²) >= 11 is 0. The van der Waals surface area contributed by atoms with Crippen LogP contribution in [0.1, 0.15) is 114 Å². The van der Waals surface area contributed by atoms with Crippen molar-refractivity contribution in [1.82, 2.24) is 5.32 Å². The van der Waals surface area contributed by atoms with Crippen molar-refractivity contribution in [2.45, 2.75) is 121 Å². The third-order valence-corrected chi connectivity index (χ3v) is 10.7. The van der Waals surface area contributed by atoms with E-state index in [0.717, 1.165) is 75.5 Å². The Morgan fingerprint density at radius 2 is 1.88 bits per heavy atom. The first-order chi connectivity index (χ1) is 19.8. The molecule has 1 aromatic rings. The minimum atomic E-state index is -0.998. The van der Waals surface area contributed by atoms with Crippen LogP contribution in [0.5, 0.6) is 11.5 Å². The predicted molar refractivity (Wildman–Crippen MR) is 160 cm³/mol. The minimum Gasteiger partial charge on any atom is -0.504 e. The van der Waals surface area contributed by atoms with Gasteiger partial charge in [0.1, 0.15) is 11.2 Å². The molecular weight excluding hydrogens is 514 g/mol. The molecule has 6 nitrogen and oxygen atoms in total. The van der Waals surface area contributed by atoms with Crippen molar-refractivity contribution < 1.29 is 24.5 Å². The summed E-state index contributed by atoms with van der Waals surface area (Å²) in [6.45, 7) is 3.17. The molecule has 3 fully saturated rings. The van der Waals surface area contributed by atoms with E-state index in [-0.39, 0.29) is 17.5 Å². The van der Waals surface area contributed by atoms with E-state index in [1.54, 1.807) is 13.2 Å². The van der Waals surface area contributed by atoms with Crippen molar-refractivity contribution in [3.63, 3.8) is 0 Å². The molecule has 0 bridgehead atoms. The number of hydrogen-bond acceptors (Lipinski definition) is 6. The summed E-state index contributed by atoms with van der Waals surface area (Å²) in [4.78, 5) is 25.6. The van der Waals surface area contributed by atoms with Crippen LogP contribution >= 0.6 is 0 Å². The zero-order valence-electron chi connectivity index (χ0n) is 25.1. The van der Waals surface area contributed by atoms with Crippen molar-refractivity contribution in [3.8, 4) is 23.3 Å². The van der Waals surface area contributed by atoms with Gasteiger partial charge in [-0.3, -0.25) is 9.59 Å². The number of phenolic OH excluding ortho intramolecular Hbond substituents is 1. The molecule has 3 N–H and O–H groups in total. The van der Waals surface area contributed by atoms with E-state index in [0.29, 0.717) is 67.4 Å². The number of carbonyl (C=O) groups is 2. The number of unbranched alkanes of at least 4 members (excludes halogenated alkanes) is 2. The molecule has 1 aliphatic heterocycles. The van der Waals surface area contributed by atoms with E-state index in [2.05, 4.69) is 24.1 Å². The smallest absolute Gasteiger partial charge is 0.160 e. The van der Waals surface area contributed by atoms with Crippen LogP contribution in [0.15, 0.2) is 12.1 Å². The molecule has 4 aliphatic rings. The van der Waals surface area contributed by atoms with E-state index < -0.39 is 11.5 Å². The number of ketones is 2. The summed E-state index contributed by atoms with van der Waals surface area (Å²) in [7, 11) is 1.55. The van der Waals surface area contributed by atoms with Crippen LogP contribution in [0, 0.1) is 35.0 Å². The van der Waals surface area contributed by atoms with E-state index in [4.69, 9.17) is 4.74 Å². The third-order valence-electron chi connectivity index (χ3n) is 10.7. The molecule has 7 atom stereocenters. The molecule has 0 amide bonds. The van der Waals surface area contributed by atoms with Crippen LogP contribution in [-0.2, 0) is 16.0 Å². The highest BCUT2D eigenvalue weighted by Gasteiger charge is 2.47. The fourth-order valence-corrected chi connectivity index (χ4v) is 8.06. The highest BCUT2D eigenvalue weighted by atomic mass is 16.5. The van der Waals surface area contributed by atoms with Crippen molar-refractivity contribution in [1.29, 1.82) is 0 Å². The first kappa shape index (κ1) is 30.1. The van der Waals surface area contributed by atoms with Crippen LogP contribution in [0.3, 0.4) is 0 Å². The summed E-state index contributed by atoms with van der Waals surface area (Å²) in [5.41, 5.74) is 1.00. The lowest BCUT2D eigenvalue weighted by Crippen LogP contribution is -2.49. The number of methoxy groups -OCH3 is 1. The van der Waals surface area contributed by atoms with Crippen molar-refractivity contribution in [3.05, 3.63) is 23.3 Å². The van der Waals surface area contributed by atoms with Crippen LogP contribution in [-0.4, -0.2) is 47.6 Å². The summed E-state index contributed by atoms with van der Waals surface area (Å²) in [5, 5.41) is 25.8. The fourth-order valence-electron chi connectivity index (χ4n) is 8.06. The molecular formula is C35H49NO5. The fraction of sp³-hybridized carbons (Fsp3) is 0.714. The highest BCUT2D eigenvalue weighted by molar-refractivity contribution is 5.89. The van der Waals surface area contributed by atoms with Gasteiger partial charge < -0.3 is 20.3 Å². The Balaban J connectivity index is 1.27. The second-order valence-electron chi connectivity index (χ2n) is 13.3. The quantitative estimate of drug-likeness (QED) is 0.271. The topological polar surface area (TPSA) is 95.9 Å². The van der Waals surface area contributed by atoms with Crippen LogP contribution in [0.25, 0.3) is 0 Å². The number of carbonyl (C=O) groups excluding carboxylic acids is 2. The van der Waals surface area contributed by atoms with Gasteiger partial charge in [-0.1, -0.05) is 44.4 Å². The Labute approximate surface area is 246 Å². The SMILES string of the molecule is CCCCC[C@H]1C#C[C@@]2(CC[C@H](CC[C@@H]3CN[C@@H]4CC(=O)CC[C@@H]4C3)C[C@H]2O)C(=O)CCc2cc(OC)c(O)cc21. The number of benzene rings is 1. The summed E-state index contributed by atoms with van der Waals surface area (Å²) in [6.07, 6.45) is 12.3. The maximum Gasteiger partial charge on any atom is 0.160 e. The molecule has 6 heteroatoms. The zero-order valence-corrected chi connectivity index (χ0v) is 25.1. The van der Waals surface area contributed by atoms with Crippen molar-refractivity contribution in [2.75, 3.05) is 13.7 Å². The van der Waals surface area contributed by atoms with E-state index in [9.17, 15) is 19.8 Å². The Kier molecular flexibility index (Phi) is 9.77. The molecule has 41 heavy (non-hydrogen) atoms. The summed E-state index contributed by atoms with van der Waals surface area (Å²) in [5.74, 6) is 9.43. The highest BCUT2D eigenvalue weighted by Crippen LogP contribution is 2.45. The largest absolute Gasteiger partial charge is 0.504 e. The maximum atomic E-state index is 13.8. The van der Waals surface area contributed by atoms with E-state index >= 15 is 0 Å². The number of fused-ring (bicyclic) bond motifs is 2. The van der Waals surface area contributed by atoms with Gasteiger partial charge in [-0.05, 0) is 98.9 Å². The Hall–Kier alpha value is -2.36. The molecule has 1 heterocycles. The number of phenols is 1. The van der Waals surface area contributed by atoms with Gasteiger partial charge in [-0.25, -0.2) is 0 Å². The molecule has 224 valence electrons. The molecule has 0 radical (unpaired) electrons. The lowest BCUT2D eigenvalue weighted by atomic mass is 9.64. The molecule has 2 saturated carbocycles. The molecule has 0 aromatic heterocycles. The average molecular weight is 564 g/mol. The average Bonchev–Trinajstić information content (AvgIpc) is 3.02. The van der Waals surface area contributed by atoms with E-state index in [1.165, 1.54) is 6.42 Å². The molecule has 5 rings (SSSR count). The van der Waals surface area contributed by atoms with Gasteiger partial charge >= 0.3 is 0 Å².